The van der Waals surface area contributed by atoms with Crippen LogP contribution in [-0.2, 0) is 39.1 Å². The van der Waals surface area contributed by atoms with Gasteiger partial charge in [-0.3, -0.25) is 0 Å². The van der Waals surface area contributed by atoms with Gasteiger partial charge in [-0.2, -0.15) is 0 Å². The number of nitrogens with zero attached hydrogens (tertiary/aromatic N) is 2. The van der Waals surface area contributed by atoms with Gasteiger partial charge in [0.05, 0.1) is 31.4 Å². The summed E-state index contributed by atoms with van der Waals surface area (Å²) in [7, 11) is 0. The van der Waals surface area contributed by atoms with E-state index < -0.39 is 18.2 Å². The van der Waals surface area contributed by atoms with E-state index in [0.29, 0.717) is 19.4 Å². The fourth-order valence-corrected chi connectivity index (χ4v) is 6.86. The second-order valence-electron chi connectivity index (χ2n) is 10.9. The minimum Gasteiger partial charge on any atom is -0.392 e. The number of alkyl halides is 1. The Morgan fingerprint density at radius 1 is 0.643 bits per heavy atom. The highest BCUT2D eigenvalue weighted by Gasteiger charge is 2.48. The number of urea groups is 1. The average molecular weight is 630 g/mol. The summed E-state index contributed by atoms with van der Waals surface area (Å²) in [6.07, 6.45) is 0.278. The maximum absolute atomic E-state index is 14.6. The molecule has 1 heterocycles. The van der Waals surface area contributed by atoms with E-state index in [9.17, 15) is 20.1 Å². The van der Waals surface area contributed by atoms with Gasteiger partial charge < -0.3 is 25.1 Å². The van der Waals surface area contributed by atoms with Gasteiger partial charge in [0.2, 0.25) is 0 Å². The standard InChI is InChI=1S/C35H37BrN2O4/c36-31(19-25-9-3-1-4-10-25)33-34(41)32(20-26-11-5-2-6-12-26)37(21-27-13-7-15-29(17-27)23-39)35(42)38(33)22-28-14-8-16-30(18-28)24-40/h1-18,31-34,39-41H,19-24H2/t31-,32+,33+,34-/m0/s1. The molecule has 42 heavy (non-hydrogen) atoms. The fourth-order valence-electron chi connectivity index (χ4n) is 5.89. The van der Waals surface area contributed by atoms with Crippen LogP contribution in [0.25, 0.3) is 0 Å². The number of aliphatic hydroxyl groups excluding tert-OH is 3. The lowest BCUT2D eigenvalue weighted by atomic mass is 9.87. The van der Waals surface area contributed by atoms with Crippen molar-refractivity contribution in [2.75, 3.05) is 0 Å². The molecule has 1 aliphatic rings. The van der Waals surface area contributed by atoms with Gasteiger partial charge in [0, 0.05) is 17.9 Å². The zero-order valence-corrected chi connectivity index (χ0v) is 25.1. The smallest absolute Gasteiger partial charge is 0.321 e. The molecule has 0 aromatic heterocycles. The molecule has 4 aromatic rings. The first kappa shape index (κ1) is 30.0. The molecule has 0 radical (unpaired) electrons. The zero-order chi connectivity index (χ0) is 29.5. The quantitative estimate of drug-likeness (QED) is 0.193. The Hall–Kier alpha value is -3.49. The summed E-state index contributed by atoms with van der Waals surface area (Å²) >= 11 is 3.90. The van der Waals surface area contributed by atoms with Crippen molar-refractivity contribution in [3.8, 4) is 0 Å². The van der Waals surface area contributed by atoms with Crippen LogP contribution in [-0.4, -0.2) is 54.2 Å². The Balaban J connectivity index is 1.54. The summed E-state index contributed by atoms with van der Waals surface area (Å²) in [5.74, 6) is 0. The Bertz CT molecular complexity index is 1450. The van der Waals surface area contributed by atoms with Crippen LogP contribution in [0.4, 0.5) is 4.79 Å². The largest absolute Gasteiger partial charge is 0.392 e. The minimum atomic E-state index is -0.863. The summed E-state index contributed by atoms with van der Waals surface area (Å²) in [5, 5.41) is 31.7. The molecule has 6 nitrogen and oxygen atoms in total. The molecular weight excluding hydrogens is 592 g/mol. The van der Waals surface area contributed by atoms with Gasteiger partial charge in [-0.25, -0.2) is 4.79 Å². The van der Waals surface area contributed by atoms with Crippen LogP contribution in [0.1, 0.15) is 33.4 Å². The predicted octanol–water partition coefficient (Wildman–Crippen LogP) is 5.46. The van der Waals surface area contributed by atoms with Crippen LogP contribution in [0, 0.1) is 0 Å². The lowest BCUT2D eigenvalue weighted by Crippen LogP contribution is -2.68. The van der Waals surface area contributed by atoms with E-state index in [1.165, 1.54) is 0 Å². The number of rotatable bonds is 11. The van der Waals surface area contributed by atoms with E-state index >= 15 is 0 Å². The third-order valence-electron chi connectivity index (χ3n) is 7.98. The number of halogens is 1. The molecule has 0 aliphatic carbocycles. The molecule has 218 valence electrons. The van der Waals surface area contributed by atoms with Crippen molar-refractivity contribution in [3.05, 3.63) is 143 Å². The normalized spacial score (nSPS) is 19.6. The molecule has 1 fully saturated rings. The van der Waals surface area contributed by atoms with Gasteiger partial charge in [0.1, 0.15) is 0 Å². The van der Waals surface area contributed by atoms with Crippen LogP contribution < -0.4 is 0 Å². The molecule has 1 aliphatic heterocycles. The monoisotopic (exact) mass is 628 g/mol. The third-order valence-corrected chi connectivity index (χ3v) is 8.85. The topological polar surface area (TPSA) is 84.2 Å². The zero-order valence-electron chi connectivity index (χ0n) is 23.5. The lowest BCUT2D eigenvalue weighted by Gasteiger charge is -2.51. The first-order valence-corrected chi connectivity index (χ1v) is 15.2. The fraction of sp³-hybridized carbons (Fsp3) is 0.286. The molecule has 1 saturated heterocycles. The minimum absolute atomic E-state index is 0.0853. The van der Waals surface area contributed by atoms with Crippen molar-refractivity contribution >= 4 is 22.0 Å². The predicted molar refractivity (Wildman–Crippen MR) is 168 cm³/mol. The van der Waals surface area contributed by atoms with E-state index in [4.69, 9.17) is 0 Å². The molecule has 5 rings (SSSR count). The second-order valence-corrected chi connectivity index (χ2v) is 12.1. The molecule has 4 aromatic carbocycles. The Labute approximate surface area is 256 Å². The van der Waals surface area contributed by atoms with Crippen molar-refractivity contribution in [3.63, 3.8) is 0 Å². The van der Waals surface area contributed by atoms with E-state index in [1.807, 2.05) is 97.1 Å². The summed E-state index contributed by atoms with van der Waals surface area (Å²) in [6.45, 7) is 0.413. The van der Waals surface area contributed by atoms with E-state index in [0.717, 1.165) is 33.4 Å². The van der Waals surface area contributed by atoms with Crippen LogP contribution in [0.15, 0.2) is 109 Å². The molecule has 0 spiro atoms. The molecule has 7 heteroatoms. The van der Waals surface area contributed by atoms with Gasteiger partial charge >= 0.3 is 6.03 Å². The first-order valence-electron chi connectivity index (χ1n) is 14.3. The number of carbonyl (C=O) groups excluding carboxylic acids is 1. The number of aliphatic hydroxyl groups is 3. The highest BCUT2D eigenvalue weighted by atomic mass is 79.9. The van der Waals surface area contributed by atoms with Crippen LogP contribution in [0.2, 0.25) is 0 Å². The molecule has 3 N–H and O–H groups in total. The van der Waals surface area contributed by atoms with Crippen LogP contribution in [0.5, 0.6) is 0 Å². The Morgan fingerprint density at radius 3 is 1.67 bits per heavy atom. The SMILES string of the molecule is O=C1N(Cc2cccc(CO)c2)[C@H]([C@@H](Br)Cc2ccccc2)[C@@H](O)[C@@H](Cc2ccccc2)N1Cc1cccc(CO)c1. The summed E-state index contributed by atoms with van der Waals surface area (Å²) < 4.78 is 0. The molecule has 0 unspecified atom stereocenters. The Kier molecular flexibility index (Phi) is 10.1. The van der Waals surface area contributed by atoms with Gasteiger partial charge in [-0.05, 0) is 46.2 Å². The van der Waals surface area contributed by atoms with E-state index in [2.05, 4.69) is 28.1 Å². The van der Waals surface area contributed by atoms with Crippen LogP contribution in [0.3, 0.4) is 0 Å². The molecule has 0 saturated carbocycles. The maximum Gasteiger partial charge on any atom is 0.321 e. The molecule has 4 atom stereocenters. The summed E-state index contributed by atoms with van der Waals surface area (Å²) in [5.41, 5.74) is 5.48. The van der Waals surface area contributed by atoms with Crippen molar-refractivity contribution < 1.29 is 20.1 Å². The van der Waals surface area contributed by atoms with Crippen LogP contribution >= 0.6 is 15.9 Å². The van der Waals surface area contributed by atoms with E-state index in [1.54, 1.807) is 9.80 Å². The van der Waals surface area contributed by atoms with Gasteiger partial charge in [-0.1, -0.05) is 125 Å². The van der Waals surface area contributed by atoms with Gasteiger partial charge in [0.15, 0.2) is 0 Å². The van der Waals surface area contributed by atoms with Gasteiger partial charge in [0.25, 0.3) is 0 Å². The Morgan fingerprint density at radius 2 is 1.12 bits per heavy atom. The van der Waals surface area contributed by atoms with Gasteiger partial charge in [-0.15, -0.1) is 0 Å². The number of hydrogen-bond acceptors (Lipinski definition) is 4. The molecular formula is C35H37BrN2O4. The first-order chi connectivity index (χ1) is 20.5. The number of amides is 2. The number of hydrogen-bond donors (Lipinski definition) is 3. The van der Waals surface area contributed by atoms with E-state index in [-0.39, 0.29) is 30.6 Å². The number of carbonyl (C=O) groups is 1. The molecule has 0 bridgehead atoms. The third kappa shape index (κ3) is 7.10. The lowest BCUT2D eigenvalue weighted by molar-refractivity contribution is -0.0428. The number of benzene rings is 4. The highest BCUT2D eigenvalue weighted by molar-refractivity contribution is 9.09. The highest BCUT2D eigenvalue weighted by Crippen LogP contribution is 2.33. The molecule has 2 amide bonds. The summed E-state index contributed by atoms with van der Waals surface area (Å²) in [6, 6.07) is 34.1. The van der Waals surface area contributed by atoms with Crippen molar-refractivity contribution in [2.24, 2.45) is 0 Å². The maximum atomic E-state index is 14.6. The van der Waals surface area contributed by atoms with Crippen molar-refractivity contribution in [1.82, 2.24) is 9.80 Å². The van der Waals surface area contributed by atoms with Crippen molar-refractivity contribution in [2.45, 2.75) is 62.2 Å². The van der Waals surface area contributed by atoms with Crippen molar-refractivity contribution in [1.29, 1.82) is 0 Å². The average Bonchev–Trinajstić information content (AvgIpc) is 3.02. The second kappa shape index (κ2) is 14.1. The summed E-state index contributed by atoms with van der Waals surface area (Å²) in [4.78, 5) is 17.9.